The largest absolute Gasteiger partial charge is 0.389 e. The topological polar surface area (TPSA) is 62.2 Å². The molecule has 0 aliphatic carbocycles. The molecule has 0 bridgehead atoms. The predicted molar refractivity (Wildman–Crippen MR) is 72.0 cm³/mol. The molecule has 0 radical (unpaired) electrons. The monoisotopic (exact) mass is 274 g/mol. The highest BCUT2D eigenvalue weighted by Crippen LogP contribution is 2.08. The number of aliphatic hydroxyl groups is 1. The van der Waals surface area contributed by atoms with E-state index in [2.05, 4.69) is 4.90 Å². The summed E-state index contributed by atoms with van der Waals surface area (Å²) in [5, 5.41) is 9.76. The molecule has 1 amide bonds. The lowest BCUT2D eigenvalue weighted by Gasteiger charge is -2.37. The van der Waals surface area contributed by atoms with Crippen molar-refractivity contribution in [2.45, 2.75) is 19.4 Å². The van der Waals surface area contributed by atoms with Gasteiger partial charge in [-0.3, -0.25) is 9.69 Å². The maximum atomic E-state index is 11.8. The molecule has 0 spiro atoms. The molecule has 1 rings (SSSR count). The van der Waals surface area contributed by atoms with Gasteiger partial charge in [0.2, 0.25) is 5.91 Å². The lowest BCUT2D eigenvalue weighted by Crippen LogP contribution is -2.52. The second-order valence-corrected chi connectivity index (χ2v) is 5.51. The number of β-amino-alcohol motifs (C(OH)–C–C–N with tert-alkyl or cyclic N) is 1. The summed E-state index contributed by atoms with van der Waals surface area (Å²) in [5.41, 5.74) is -0.685. The molecule has 0 unspecified atom stereocenters. The Morgan fingerprint density at radius 2 is 1.84 bits per heavy atom. The van der Waals surface area contributed by atoms with E-state index >= 15 is 0 Å². The highest BCUT2D eigenvalue weighted by Gasteiger charge is 2.24. The molecule has 19 heavy (non-hydrogen) atoms. The smallest absolute Gasteiger partial charge is 0.248 e. The Bertz CT molecular complexity index is 270. The van der Waals surface area contributed by atoms with E-state index in [4.69, 9.17) is 9.47 Å². The van der Waals surface area contributed by atoms with Crippen LogP contribution in [0.25, 0.3) is 0 Å². The predicted octanol–water partition coefficient (Wildman–Crippen LogP) is -0.435. The Morgan fingerprint density at radius 1 is 1.21 bits per heavy atom. The molecular weight excluding hydrogens is 248 g/mol. The van der Waals surface area contributed by atoms with Crippen molar-refractivity contribution in [2.24, 2.45) is 0 Å². The summed E-state index contributed by atoms with van der Waals surface area (Å²) in [6, 6.07) is 0. The summed E-state index contributed by atoms with van der Waals surface area (Å²) in [7, 11) is 1.60. The van der Waals surface area contributed by atoms with Gasteiger partial charge in [-0.1, -0.05) is 0 Å². The van der Waals surface area contributed by atoms with Gasteiger partial charge in [0.05, 0.1) is 18.8 Å². The van der Waals surface area contributed by atoms with Crippen LogP contribution in [0.4, 0.5) is 0 Å². The zero-order chi connectivity index (χ0) is 14.3. The molecular formula is C13H26N2O4. The van der Waals surface area contributed by atoms with Crippen LogP contribution in [-0.2, 0) is 14.3 Å². The van der Waals surface area contributed by atoms with E-state index in [9.17, 15) is 9.90 Å². The second kappa shape index (κ2) is 7.79. The van der Waals surface area contributed by atoms with E-state index in [0.29, 0.717) is 32.8 Å². The number of methoxy groups -OCH3 is 1. The summed E-state index contributed by atoms with van der Waals surface area (Å²) >= 11 is 0. The van der Waals surface area contributed by atoms with E-state index in [1.807, 2.05) is 4.90 Å². The fraction of sp³-hybridized carbons (Fsp3) is 0.923. The van der Waals surface area contributed by atoms with Crippen LogP contribution < -0.4 is 0 Å². The number of nitrogens with zero attached hydrogens (tertiary/aromatic N) is 2. The van der Waals surface area contributed by atoms with Crippen LogP contribution in [0, 0.1) is 0 Å². The fourth-order valence-electron chi connectivity index (χ4n) is 2.10. The number of hydrogen-bond acceptors (Lipinski definition) is 5. The number of hydrogen-bond donors (Lipinski definition) is 1. The van der Waals surface area contributed by atoms with Gasteiger partial charge in [-0.05, 0) is 13.8 Å². The van der Waals surface area contributed by atoms with Crippen molar-refractivity contribution in [2.75, 3.05) is 59.7 Å². The number of amides is 1. The Morgan fingerprint density at radius 3 is 2.37 bits per heavy atom. The third-order valence-electron chi connectivity index (χ3n) is 2.99. The lowest BCUT2D eigenvalue weighted by atomic mass is 10.1. The van der Waals surface area contributed by atoms with Crippen LogP contribution in [0.5, 0.6) is 0 Å². The van der Waals surface area contributed by atoms with Gasteiger partial charge < -0.3 is 19.5 Å². The van der Waals surface area contributed by atoms with Crippen molar-refractivity contribution in [3.05, 3.63) is 0 Å². The van der Waals surface area contributed by atoms with Gasteiger partial charge in [-0.2, -0.15) is 0 Å². The number of carbonyl (C=O) groups excluding carboxylic acids is 1. The average Bonchev–Trinajstić information content (AvgIpc) is 2.33. The molecule has 1 fully saturated rings. The van der Waals surface area contributed by atoms with Gasteiger partial charge >= 0.3 is 0 Å². The molecule has 6 nitrogen and oxygen atoms in total. The van der Waals surface area contributed by atoms with Crippen molar-refractivity contribution in [3.8, 4) is 0 Å². The molecule has 0 aromatic rings. The van der Waals surface area contributed by atoms with Crippen molar-refractivity contribution in [3.63, 3.8) is 0 Å². The van der Waals surface area contributed by atoms with Crippen LogP contribution in [-0.4, -0.2) is 86.1 Å². The minimum atomic E-state index is -0.685. The molecule has 1 heterocycles. The normalized spacial score (nSPS) is 17.8. The molecule has 112 valence electrons. The second-order valence-electron chi connectivity index (χ2n) is 5.51. The first-order valence-corrected chi connectivity index (χ1v) is 6.71. The van der Waals surface area contributed by atoms with Crippen LogP contribution in [0.15, 0.2) is 0 Å². The zero-order valence-electron chi connectivity index (χ0n) is 12.2. The highest BCUT2D eigenvalue weighted by atomic mass is 16.5. The molecule has 1 saturated heterocycles. The van der Waals surface area contributed by atoms with Gasteiger partial charge in [0.1, 0.15) is 6.61 Å². The summed E-state index contributed by atoms with van der Waals surface area (Å²) in [6.07, 6.45) is 0. The average molecular weight is 274 g/mol. The minimum absolute atomic E-state index is 0.0269. The van der Waals surface area contributed by atoms with Crippen molar-refractivity contribution < 1.29 is 19.4 Å². The van der Waals surface area contributed by atoms with E-state index in [0.717, 1.165) is 13.1 Å². The number of carbonyl (C=O) groups is 1. The van der Waals surface area contributed by atoms with Gasteiger partial charge in [0.25, 0.3) is 0 Å². The summed E-state index contributed by atoms with van der Waals surface area (Å²) in [6.45, 7) is 8.30. The van der Waals surface area contributed by atoms with Crippen LogP contribution in [0.2, 0.25) is 0 Å². The lowest BCUT2D eigenvalue weighted by molar-refractivity contribution is -0.138. The van der Waals surface area contributed by atoms with E-state index < -0.39 is 5.60 Å². The van der Waals surface area contributed by atoms with E-state index in [1.54, 1.807) is 21.0 Å². The molecule has 1 aliphatic heterocycles. The van der Waals surface area contributed by atoms with Gasteiger partial charge in [0, 0.05) is 39.8 Å². The Kier molecular flexibility index (Phi) is 6.71. The van der Waals surface area contributed by atoms with Crippen molar-refractivity contribution in [1.82, 2.24) is 9.80 Å². The van der Waals surface area contributed by atoms with E-state index in [1.165, 1.54) is 0 Å². The van der Waals surface area contributed by atoms with E-state index in [-0.39, 0.29) is 12.5 Å². The molecule has 0 saturated carbocycles. The first-order valence-electron chi connectivity index (χ1n) is 6.71. The SMILES string of the molecule is COCCOCC(=O)N1CCN(CC(C)(C)O)CC1. The third kappa shape index (κ3) is 6.87. The van der Waals surface area contributed by atoms with Crippen molar-refractivity contribution in [1.29, 1.82) is 0 Å². The third-order valence-corrected chi connectivity index (χ3v) is 2.99. The summed E-state index contributed by atoms with van der Waals surface area (Å²) in [5.74, 6) is 0.0269. The fourth-order valence-corrected chi connectivity index (χ4v) is 2.10. The minimum Gasteiger partial charge on any atom is -0.389 e. The van der Waals surface area contributed by atoms with Crippen molar-refractivity contribution >= 4 is 5.91 Å². The summed E-state index contributed by atoms with van der Waals surface area (Å²) < 4.78 is 10.1. The molecule has 1 N–H and O–H groups in total. The summed E-state index contributed by atoms with van der Waals surface area (Å²) in [4.78, 5) is 15.8. The molecule has 0 aromatic carbocycles. The van der Waals surface area contributed by atoms with Gasteiger partial charge in [0.15, 0.2) is 0 Å². The van der Waals surface area contributed by atoms with Gasteiger partial charge in [-0.15, -0.1) is 0 Å². The Labute approximate surface area is 115 Å². The maximum Gasteiger partial charge on any atom is 0.248 e. The number of ether oxygens (including phenoxy) is 2. The first-order chi connectivity index (χ1) is 8.92. The standard InChI is InChI=1S/C13H26N2O4/c1-13(2,17)11-14-4-6-15(7-5-14)12(16)10-19-9-8-18-3/h17H,4-11H2,1-3H3. The maximum absolute atomic E-state index is 11.8. The zero-order valence-corrected chi connectivity index (χ0v) is 12.2. The number of rotatable bonds is 7. The number of piperazine rings is 1. The molecule has 0 aromatic heterocycles. The molecule has 6 heteroatoms. The van der Waals surface area contributed by atoms with Gasteiger partial charge in [-0.25, -0.2) is 0 Å². The quantitative estimate of drug-likeness (QED) is 0.638. The van der Waals surface area contributed by atoms with Crippen LogP contribution in [0.3, 0.4) is 0 Å². The first kappa shape index (κ1) is 16.4. The molecule has 0 atom stereocenters. The molecule has 1 aliphatic rings. The van der Waals surface area contributed by atoms with Crippen LogP contribution in [0.1, 0.15) is 13.8 Å². The van der Waals surface area contributed by atoms with Crippen LogP contribution >= 0.6 is 0 Å². The Hall–Kier alpha value is -0.690. The Balaban J connectivity index is 2.20. The highest BCUT2D eigenvalue weighted by molar-refractivity contribution is 5.77.